The molecule has 126 valence electrons. The van der Waals surface area contributed by atoms with Gasteiger partial charge in [0.1, 0.15) is 0 Å². The van der Waals surface area contributed by atoms with Gasteiger partial charge in [-0.3, -0.25) is 9.59 Å². The van der Waals surface area contributed by atoms with Crippen LogP contribution < -0.4 is 5.32 Å². The van der Waals surface area contributed by atoms with Crippen LogP contribution in [0.4, 0.5) is 0 Å². The molecule has 7 heteroatoms. The monoisotopic (exact) mass is 339 g/mol. The summed E-state index contributed by atoms with van der Waals surface area (Å²) in [5.74, 6) is -1.60. The van der Waals surface area contributed by atoms with Gasteiger partial charge in [0, 0.05) is 17.9 Å². The Hall–Kier alpha value is -1.89. The standard InChI is InChI=1S/C16H21NO5S/c1-3-10-5-7-13(23(2,21)22)9-14(10)15(18)17-12-6-4-11(8-12)16(19)20/h5,7,9,11-12H,3-4,6,8H2,1-2H3,(H,17,18)(H,19,20)/t11-,12+/m0/s1. The van der Waals surface area contributed by atoms with E-state index >= 15 is 0 Å². The van der Waals surface area contributed by atoms with E-state index in [1.54, 1.807) is 6.07 Å². The maximum Gasteiger partial charge on any atom is 0.306 e. The number of carbonyl (C=O) groups is 2. The number of sulfone groups is 1. The zero-order valence-corrected chi connectivity index (χ0v) is 14.0. The van der Waals surface area contributed by atoms with Crippen molar-refractivity contribution < 1.29 is 23.1 Å². The maximum atomic E-state index is 12.5. The Balaban J connectivity index is 2.20. The highest BCUT2D eigenvalue weighted by Gasteiger charge is 2.31. The molecule has 1 aromatic rings. The molecule has 0 bridgehead atoms. The van der Waals surface area contributed by atoms with Crippen LogP contribution in [0.5, 0.6) is 0 Å². The first kappa shape index (κ1) is 17.5. The van der Waals surface area contributed by atoms with Gasteiger partial charge in [-0.2, -0.15) is 0 Å². The number of carboxylic acids is 1. The van der Waals surface area contributed by atoms with E-state index < -0.39 is 21.7 Å². The fourth-order valence-electron chi connectivity index (χ4n) is 2.91. The van der Waals surface area contributed by atoms with Gasteiger partial charge in [0.25, 0.3) is 5.91 Å². The molecule has 1 aliphatic rings. The van der Waals surface area contributed by atoms with Crippen LogP contribution in [0.2, 0.25) is 0 Å². The molecule has 2 rings (SSSR count). The van der Waals surface area contributed by atoms with Gasteiger partial charge >= 0.3 is 5.97 Å². The largest absolute Gasteiger partial charge is 0.481 e. The van der Waals surface area contributed by atoms with Crippen molar-refractivity contribution in [1.82, 2.24) is 5.32 Å². The molecule has 6 nitrogen and oxygen atoms in total. The highest BCUT2D eigenvalue weighted by Crippen LogP contribution is 2.26. The molecule has 2 atom stereocenters. The summed E-state index contributed by atoms with van der Waals surface area (Å²) >= 11 is 0. The number of aryl methyl sites for hydroxylation is 1. The molecular formula is C16H21NO5S. The van der Waals surface area contributed by atoms with Gasteiger partial charge in [0.05, 0.1) is 10.8 Å². The number of nitrogens with one attached hydrogen (secondary N) is 1. The molecule has 1 aromatic carbocycles. The van der Waals surface area contributed by atoms with Crippen molar-refractivity contribution in [2.45, 2.75) is 43.5 Å². The van der Waals surface area contributed by atoms with Crippen molar-refractivity contribution in [1.29, 1.82) is 0 Å². The van der Waals surface area contributed by atoms with Crippen molar-refractivity contribution in [3.63, 3.8) is 0 Å². The van der Waals surface area contributed by atoms with Gasteiger partial charge in [-0.05, 0) is 43.4 Å². The summed E-state index contributed by atoms with van der Waals surface area (Å²) < 4.78 is 23.3. The predicted octanol–water partition coefficient (Wildman–Crippen LogP) is 1.64. The Labute approximate surface area is 135 Å². The van der Waals surface area contributed by atoms with E-state index in [0.717, 1.165) is 11.8 Å². The van der Waals surface area contributed by atoms with E-state index in [2.05, 4.69) is 5.32 Å². The van der Waals surface area contributed by atoms with Crippen LogP contribution in [-0.4, -0.2) is 37.7 Å². The molecule has 0 radical (unpaired) electrons. The fraction of sp³-hybridized carbons (Fsp3) is 0.500. The number of hydrogen-bond acceptors (Lipinski definition) is 4. The number of amides is 1. The van der Waals surface area contributed by atoms with Crippen LogP contribution in [0, 0.1) is 5.92 Å². The summed E-state index contributed by atoms with van der Waals surface area (Å²) in [6, 6.07) is 4.36. The second kappa shape index (κ2) is 6.70. The van der Waals surface area contributed by atoms with E-state index in [1.165, 1.54) is 12.1 Å². The van der Waals surface area contributed by atoms with E-state index in [4.69, 9.17) is 5.11 Å². The number of hydrogen-bond donors (Lipinski definition) is 2. The summed E-state index contributed by atoms with van der Waals surface area (Å²) in [7, 11) is -3.39. The van der Waals surface area contributed by atoms with Crippen molar-refractivity contribution in [3.05, 3.63) is 29.3 Å². The summed E-state index contributed by atoms with van der Waals surface area (Å²) in [4.78, 5) is 23.6. The topological polar surface area (TPSA) is 101 Å². The van der Waals surface area contributed by atoms with Crippen molar-refractivity contribution in [3.8, 4) is 0 Å². The third-order valence-electron chi connectivity index (χ3n) is 4.25. The zero-order chi connectivity index (χ0) is 17.2. The fourth-order valence-corrected chi connectivity index (χ4v) is 3.55. The number of benzene rings is 1. The van der Waals surface area contributed by atoms with E-state index in [1.807, 2.05) is 6.92 Å². The average molecular weight is 339 g/mol. The zero-order valence-electron chi connectivity index (χ0n) is 13.2. The summed E-state index contributed by atoms with van der Waals surface area (Å²) in [5.41, 5.74) is 1.11. The van der Waals surface area contributed by atoms with Crippen LogP contribution in [0.1, 0.15) is 42.1 Å². The number of carbonyl (C=O) groups excluding carboxylic acids is 1. The first-order valence-corrected chi connectivity index (χ1v) is 9.48. The second-order valence-electron chi connectivity index (χ2n) is 5.96. The van der Waals surface area contributed by atoms with Crippen LogP contribution in [0.15, 0.2) is 23.1 Å². The lowest BCUT2D eigenvalue weighted by molar-refractivity contribution is -0.141. The van der Waals surface area contributed by atoms with E-state index in [-0.39, 0.29) is 16.8 Å². The molecule has 2 N–H and O–H groups in total. The molecule has 0 aromatic heterocycles. The van der Waals surface area contributed by atoms with Crippen molar-refractivity contribution in [2.24, 2.45) is 5.92 Å². The summed E-state index contributed by atoms with van der Waals surface area (Å²) in [6.45, 7) is 1.89. The lowest BCUT2D eigenvalue weighted by Crippen LogP contribution is -2.34. The molecule has 1 amide bonds. The minimum absolute atomic E-state index is 0.106. The Kier molecular flexibility index (Phi) is 5.09. The Morgan fingerprint density at radius 2 is 2.00 bits per heavy atom. The number of rotatable bonds is 5. The second-order valence-corrected chi connectivity index (χ2v) is 7.98. The Morgan fingerprint density at radius 1 is 1.30 bits per heavy atom. The SMILES string of the molecule is CCc1ccc(S(C)(=O)=O)cc1C(=O)N[C@@H]1CC[C@H](C(=O)O)C1. The van der Waals surface area contributed by atoms with Crippen LogP contribution in [0.3, 0.4) is 0 Å². The smallest absolute Gasteiger partial charge is 0.306 e. The minimum Gasteiger partial charge on any atom is -0.481 e. The lowest BCUT2D eigenvalue weighted by Gasteiger charge is -2.15. The van der Waals surface area contributed by atoms with Crippen molar-refractivity contribution >= 4 is 21.7 Å². The molecule has 0 unspecified atom stereocenters. The quantitative estimate of drug-likeness (QED) is 0.849. The van der Waals surface area contributed by atoms with Crippen LogP contribution in [-0.2, 0) is 21.1 Å². The van der Waals surface area contributed by atoms with E-state index in [0.29, 0.717) is 31.2 Å². The molecule has 23 heavy (non-hydrogen) atoms. The third-order valence-corrected chi connectivity index (χ3v) is 5.36. The van der Waals surface area contributed by atoms with Crippen LogP contribution in [0.25, 0.3) is 0 Å². The molecule has 0 spiro atoms. The van der Waals surface area contributed by atoms with Crippen molar-refractivity contribution in [2.75, 3.05) is 6.26 Å². The van der Waals surface area contributed by atoms with Gasteiger partial charge in [0.2, 0.25) is 0 Å². The molecule has 0 heterocycles. The van der Waals surface area contributed by atoms with Gasteiger partial charge in [-0.15, -0.1) is 0 Å². The highest BCUT2D eigenvalue weighted by atomic mass is 32.2. The molecule has 0 saturated heterocycles. The normalized spacial score (nSPS) is 21.1. The van der Waals surface area contributed by atoms with Gasteiger partial charge < -0.3 is 10.4 Å². The average Bonchev–Trinajstić information content (AvgIpc) is 2.94. The van der Waals surface area contributed by atoms with E-state index in [9.17, 15) is 18.0 Å². The first-order chi connectivity index (χ1) is 10.7. The van der Waals surface area contributed by atoms with Gasteiger partial charge in [0.15, 0.2) is 9.84 Å². The summed E-state index contributed by atoms with van der Waals surface area (Å²) in [6.07, 6.45) is 3.29. The summed E-state index contributed by atoms with van der Waals surface area (Å²) in [5, 5.41) is 11.8. The Morgan fingerprint density at radius 3 is 2.52 bits per heavy atom. The minimum atomic E-state index is -3.39. The first-order valence-electron chi connectivity index (χ1n) is 7.59. The highest BCUT2D eigenvalue weighted by molar-refractivity contribution is 7.90. The number of carboxylic acid groups (broad SMARTS) is 1. The van der Waals surface area contributed by atoms with Gasteiger partial charge in [-0.25, -0.2) is 8.42 Å². The lowest BCUT2D eigenvalue weighted by atomic mass is 10.0. The predicted molar refractivity (Wildman–Crippen MR) is 85.2 cm³/mol. The Bertz CT molecular complexity index is 726. The van der Waals surface area contributed by atoms with Gasteiger partial charge in [-0.1, -0.05) is 13.0 Å². The molecule has 0 aliphatic heterocycles. The molecule has 1 aliphatic carbocycles. The number of aliphatic carboxylic acids is 1. The van der Waals surface area contributed by atoms with Crippen LogP contribution >= 0.6 is 0 Å². The maximum absolute atomic E-state index is 12.5. The molecule has 1 fully saturated rings. The molecular weight excluding hydrogens is 318 g/mol. The molecule has 1 saturated carbocycles. The third kappa shape index (κ3) is 4.10.